The fourth-order valence-electron chi connectivity index (χ4n) is 2.62. The Hall–Kier alpha value is -0.120. The SMILES string of the molecule is CCCCCCCCCCCCCCCCN(C)C.O.O. The summed E-state index contributed by atoms with van der Waals surface area (Å²) in [6, 6.07) is 0. The minimum absolute atomic E-state index is 0. The van der Waals surface area contributed by atoms with E-state index in [2.05, 4.69) is 25.9 Å². The molecule has 132 valence electrons. The van der Waals surface area contributed by atoms with E-state index in [0.29, 0.717) is 0 Å². The van der Waals surface area contributed by atoms with Crippen LogP contribution in [0.3, 0.4) is 0 Å². The van der Waals surface area contributed by atoms with Crippen LogP contribution in [-0.2, 0) is 0 Å². The summed E-state index contributed by atoms with van der Waals surface area (Å²) in [5.41, 5.74) is 0. The van der Waals surface area contributed by atoms with Crippen LogP contribution in [0, 0.1) is 0 Å². The molecule has 0 aliphatic carbocycles. The number of unbranched alkanes of at least 4 members (excludes halogenated alkanes) is 13. The lowest BCUT2D eigenvalue weighted by Gasteiger charge is -2.08. The van der Waals surface area contributed by atoms with E-state index in [1.54, 1.807) is 0 Å². The van der Waals surface area contributed by atoms with Crippen molar-refractivity contribution in [3.8, 4) is 0 Å². The summed E-state index contributed by atoms with van der Waals surface area (Å²) >= 11 is 0. The second-order valence-corrected chi connectivity index (χ2v) is 6.40. The van der Waals surface area contributed by atoms with Gasteiger partial charge in [0.05, 0.1) is 0 Å². The third-order valence-electron chi connectivity index (χ3n) is 3.96. The maximum Gasteiger partial charge on any atom is -0.00248 e. The first kappa shape index (κ1) is 25.8. The Morgan fingerprint density at radius 1 is 0.476 bits per heavy atom. The lowest BCUT2D eigenvalue weighted by Crippen LogP contribution is -2.12. The lowest BCUT2D eigenvalue weighted by molar-refractivity contribution is 0.389. The fraction of sp³-hybridized carbons (Fsp3) is 1.00. The smallest absolute Gasteiger partial charge is 0.00248 e. The standard InChI is InChI=1S/C18H39N.2H2O/c1-4-5-6-7-8-9-10-11-12-13-14-15-16-17-18-19(2)3;;/h4-18H2,1-3H3;2*1H2. The van der Waals surface area contributed by atoms with Crippen LogP contribution in [0.5, 0.6) is 0 Å². The number of hydrogen-bond acceptors (Lipinski definition) is 1. The van der Waals surface area contributed by atoms with E-state index in [0.717, 1.165) is 0 Å². The topological polar surface area (TPSA) is 66.2 Å². The molecule has 0 radical (unpaired) electrons. The van der Waals surface area contributed by atoms with Crippen LogP contribution in [-0.4, -0.2) is 36.5 Å². The van der Waals surface area contributed by atoms with Crippen LogP contribution < -0.4 is 0 Å². The van der Waals surface area contributed by atoms with Crippen LogP contribution in [0.1, 0.15) is 96.8 Å². The van der Waals surface area contributed by atoms with Crippen molar-refractivity contribution in [1.29, 1.82) is 0 Å². The molecule has 3 heteroatoms. The molecule has 0 saturated heterocycles. The van der Waals surface area contributed by atoms with Crippen molar-refractivity contribution in [1.82, 2.24) is 4.90 Å². The minimum atomic E-state index is 0. The summed E-state index contributed by atoms with van der Waals surface area (Å²) in [4.78, 5) is 2.29. The third-order valence-corrected chi connectivity index (χ3v) is 3.96. The van der Waals surface area contributed by atoms with Crippen molar-refractivity contribution in [3.05, 3.63) is 0 Å². The predicted molar refractivity (Wildman–Crippen MR) is 96.1 cm³/mol. The molecule has 0 bridgehead atoms. The Morgan fingerprint density at radius 3 is 1.05 bits per heavy atom. The first-order valence-corrected chi connectivity index (χ1v) is 8.92. The average Bonchev–Trinajstić information content (AvgIpc) is 2.39. The average molecular weight is 306 g/mol. The van der Waals surface area contributed by atoms with Gasteiger partial charge in [0, 0.05) is 0 Å². The van der Waals surface area contributed by atoms with Crippen molar-refractivity contribution in [2.45, 2.75) is 96.8 Å². The highest BCUT2D eigenvalue weighted by Gasteiger charge is 1.94. The number of hydrogen-bond donors (Lipinski definition) is 0. The van der Waals surface area contributed by atoms with Crippen molar-refractivity contribution in [2.24, 2.45) is 0 Å². The fourth-order valence-corrected chi connectivity index (χ4v) is 2.62. The molecule has 0 spiro atoms. The van der Waals surface area contributed by atoms with E-state index in [-0.39, 0.29) is 11.0 Å². The van der Waals surface area contributed by atoms with Gasteiger partial charge in [0.15, 0.2) is 0 Å². The van der Waals surface area contributed by atoms with E-state index < -0.39 is 0 Å². The molecule has 0 saturated carbocycles. The summed E-state index contributed by atoms with van der Waals surface area (Å²) < 4.78 is 0. The normalized spacial score (nSPS) is 10.3. The highest BCUT2D eigenvalue weighted by atomic mass is 16.0. The summed E-state index contributed by atoms with van der Waals surface area (Å²) in [7, 11) is 4.34. The van der Waals surface area contributed by atoms with Gasteiger partial charge in [-0.2, -0.15) is 0 Å². The number of rotatable bonds is 15. The molecule has 0 aromatic carbocycles. The van der Waals surface area contributed by atoms with Gasteiger partial charge in [-0.3, -0.25) is 0 Å². The van der Waals surface area contributed by atoms with Gasteiger partial charge >= 0.3 is 0 Å². The Balaban J connectivity index is -0.00000162. The maximum atomic E-state index is 2.29. The molecule has 0 aromatic rings. The van der Waals surface area contributed by atoms with Gasteiger partial charge in [0.2, 0.25) is 0 Å². The third kappa shape index (κ3) is 25.2. The van der Waals surface area contributed by atoms with Crippen LogP contribution in [0.25, 0.3) is 0 Å². The quantitative estimate of drug-likeness (QED) is 0.414. The van der Waals surface area contributed by atoms with E-state index >= 15 is 0 Å². The summed E-state index contributed by atoms with van der Waals surface area (Å²) in [6.07, 6.45) is 20.3. The summed E-state index contributed by atoms with van der Waals surface area (Å²) in [6.45, 7) is 3.55. The Morgan fingerprint density at radius 2 is 0.762 bits per heavy atom. The van der Waals surface area contributed by atoms with Crippen LogP contribution in [0.4, 0.5) is 0 Å². The van der Waals surface area contributed by atoms with Gasteiger partial charge in [-0.25, -0.2) is 0 Å². The van der Waals surface area contributed by atoms with E-state index in [4.69, 9.17) is 0 Å². The van der Waals surface area contributed by atoms with Gasteiger partial charge in [-0.05, 0) is 27.1 Å². The van der Waals surface area contributed by atoms with E-state index in [9.17, 15) is 0 Å². The lowest BCUT2D eigenvalue weighted by atomic mass is 10.0. The monoisotopic (exact) mass is 305 g/mol. The number of nitrogens with zero attached hydrogens (tertiary/aromatic N) is 1. The second kappa shape index (κ2) is 22.2. The van der Waals surface area contributed by atoms with Crippen molar-refractivity contribution in [2.75, 3.05) is 20.6 Å². The van der Waals surface area contributed by atoms with E-state index in [1.165, 1.54) is 96.4 Å². The Kier molecular flexibility index (Phi) is 27.2. The zero-order valence-electron chi connectivity index (χ0n) is 15.1. The van der Waals surface area contributed by atoms with Crippen molar-refractivity contribution < 1.29 is 11.0 Å². The van der Waals surface area contributed by atoms with E-state index in [1.807, 2.05) is 0 Å². The van der Waals surface area contributed by atoms with Crippen LogP contribution >= 0.6 is 0 Å². The molecule has 0 aromatic heterocycles. The molecule has 0 rings (SSSR count). The summed E-state index contributed by atoms with van der Waals surface area (Å²) in [5.74, 6) is 0. The highest BCUT2D eigenvalue weighted by Crippen LogP contribution is 2.12. The molecule has 0 amide bonds. The van der Waals surface area contributed by atoms with Gasteiger partial charge in [-0.15, -0.1) is 0 Å². The van der Waals surface area contributed by atoms with Gasteiger partial charge in [0.1, 0.15) is 0 Å². The van der Waals surface area contributed by atoms with Gasteiger partial charge in [-0.1, -0.05) is 90.4 Å². The summed E-state index contributed by atoms with van der Waals surface area (Å²) in [5, 5.41) is 0. The largest absolute Gasteiger partial charge is 0.412 e. The zero-order chi connectivity index (χ0) is 14.2. The zero-order valence-corrected chi connectivity index (χ0v) is 15.1. The van der Waals surface area contributed by atoms with Crippen LogP contribution in [0.15, 0.2) is 0 Å². The first-order chi connectivity index (χ1) is 9.27. The molecule has 0 fully saturated rings. The molecule has 21 heavy (non-hydrogen) atoms. The molecule has 0 heterocycles. The molecule has 0 unspecified atom stereocenters. The first-order valence-electron chi connectivity index (χ1n) is 8.92. The second-order valence-electron chi connectivity index (χ2n) is 6.40. The molecule has 4 N–H and O–H groups in total. The van der Waals surface area contributed by atoms with Crippen molar-refractivity contribution >= 4 is 0 Å². The molecule has 0 aliphatic rings. The van der Waals surface area contributed by atoms with Gasteiger partial charge in [0.25, 0.3) is 0 Å². The molecular formula is C18H43NO2. The van der Waals surface area contributed by atoms with Gasteiger partial charge < -0.3 is 15.9 Å². The highest BCUT2D eigenvalue weighted by molar-refractivity contribution is 4.50. The Bertz CT molecular complexity index is 163. The van der Waals surface area contributed by atoms with Crippen LogP contribution in [0.2, 0.25) is 0 Å². The Labute approximate surface area is 134 Å². The maximum absolute atomic E-state index is 2.29. The van der Waals surface area contributed by atoms with Crippen molar-refractivity contribution in [3.63, 3.8) is 0 Å². The predicted octanol–water partition coefficient (Wildman–Crippen LogP) is 4.38. The minimum Gasteiger partial charge on any atom is -0.412 e. The molecule has 3 nitrogen and oxygen atoms in total. The molecular weight excluding hydrogens is 262 g/mol. The molecule has 0 aliphatic heterocycles. The molecule has 0 atom stereocenters.